The van der Waals surface area contributed by atoms with Crippen molar-refractivity contribution in [1.29, 1.82) is 0 Å². The first kappa shape index (κ1) is 18.6. The molecule has 5 aromatic carbocycles. The van der Waals surface area contributed by atoms with E-state index in [0.29, 0.717) is 0 Å². The number of hydrogen-bond donors (Lipinski definition) is 2. The quantitative estimate of drug-likeness (QED) is 0.331. The van der Waals surface area contributed by atoms with Gasteiger partial charge in [0.1, 0.15) is 0 Å². The number of fused-ring (bicyclic) bond motifs is 2. The van der Waals surface area contributed by atoms with E-state index in [9.17, 15) is 0 Å². The van der Waals surface area contributed by atoms with Crippen LogP contribution in [0.5, 0.6) is 0 Å². The van der Waals surface area contributed by atoms with Gasteiger partial charge in [0, 0.05) is 22.7 Å². The third kappa shape index (κ3) is 4.07. The molecule has 0 saturated heterocycles. The van der Waals surface area contributed by atoms with Crippen LogP contribution < -0.4 is 10.6 Å². The van der Waals surface area contributed by atoms with E-state index < -0.39 is 0 Å². The summed E-state index contributed by atoms with van der Waals surface area (Å²) in [4.78, 5) is 0. The summed E-state index contributed by atoms with van der Waals surface area (Å²) in [5.74, 6) is 0. The number of hydrogen-bond acceptors (Lipinski definition) is 2. The Balaban J connectivity index is 0.00000205. The molecule has 0 heterocycles. The first-order valence-corrected chi connectivity index (χ1v) is 9.45. The van der Waals surface area contributed by atoms with E-state index in [-0.39, 0.29) is 7.43 Å². The first-order valence-electron chi connectivity index (χ1n) is 9.45. The predicted octanol–water partition coefficient (Wildman–Crippen LogP) is 8.12. The highest BCUT2D eigenvalue weighted by atomic mass is 14.9. The molecular formula is C27H24N2. The number of nitrogens with one attached hydrogen (secondary N) is 2. The molecule has 0 fully saturated rings. The van der Waals surface area contributed by atoms with Crippen LogP contribution in [0.15, 0.2) is 109 Å². The molecule has 0 radical (unpaired) electrons. The van der Waals surface area contributed by atoms with E-state index in [2.05, 4.69) is 120 Å². The zero-order valence-electron chi connectivity index (χ0n) is 15.4. The first-order chi connectivity index (χ1) is 13.8. The summed E-state index contributed by atoms with van der Waals surface area (Å²) >= 11 is 0. The SMILES string of the molecule is C.c1ccc2cc(Nc3ccc(Nc4ccc5ccccc5c4)cc3)ccc2c1. The average Bonchev–Trinajstić information content (AvgIpc) is 2.75. The Morgan fingerprint density at radius 2 is 0.690 bits per heavy atom. The Kier molecular flexibility index (Phi) is 5.17. The molecule has 0 unspecified atom stereocenters. The Morgan fingerprint density at radius 1 is 0.345 bits per heavy atom. The molecule has 29 heavy (non-hydrogen) atoms. The van der Waals surface area contributed by atoms with Gasteiger partial charge >= 0.3 is 0 Å². The molecule has 0 atom stereocenters. The average molecular weight is 377 g/mol. The Morgan fingerprint density at radius 3 is 1.10 bits per heavy atom. The molecule has 0 aliphatic rings. The molecule has 2 heteroatoms. The number of anilines is 4. The Labute approximate surface area is 171 Å². The van der Waals surface area contributed by atoms with Crippen molar-refractivity contribution in [3.8, 4) is 0 Å². The third-order valence-electron chi connectivity index (χ3n) is 4.96. The molecule has 0 amide bonds. The molecule has 2 nitrogen and oxygen atoms in total. The molecule has 0 aromatic heterocycles. The van der Waals surface area contributed by atoms with Gasteiger partial charge in [0.15, 0.2) is 0 Å². The van der Waals surface area contributed by atoms with E-state index >= 15 is 0 Å². The summed E-state index contributed by atoms with van der Waals surface area (Å²) in [5, 5.41) is 11.9. The highest BCUT2D eigenvalue weighted by molar-refractivity contribution is 5.87. The maximum absolute atomic E-state index is 3.48. The van der Waals surface area contributed by atoms with Crippen LogP contribution in [0.2, 0.25) is 0 Å². The summed E-state index contributed by atoms with van der Waals surface area (Å²) in [7, 11) is 0. The molecule has 0 aliphatic carbocycles. The maximum Gasteiger partial charge on any atom is 0.0390 e. The van der Waals surface area contributed by atoms with Crippen molar-refractivity contribution in [1.82, 2.24) is 0 Å². The van der Waals surface area contributed by atoms with E-state index in [4.69, 9.17) is 0 Å². The van der Waals surface area contributed by atoms with E-state index in [1.54, 1.807) is 0 Å². The van der Waals surface area contributed by atoms with Gasteiger partial charge < -0.3 is 10.6 Å². The molecule has 0 aliphatic heterocycles. The van der Waals surface area contributed by atoms with Crippen LogP contribution >= 0.6 is 0 Å². The van der Waals surface area contributed by atoms with Crippen LogP contribution in [0, 0.1) is 0 Å². The zero-order valence-corrected chi connectivity index (χ0v) is 15.4. The standard InChI is InChI=1S/C26H20N2.CH4/c1-3-7-21-17-25(11-9-19(21)5-1)27-23-13-15-24(16-14-23)28-26-12-10-20-6-2-4-8-22(20)18-26;/h1-18,27-28H;1H4. The van der Waals surface area contributed by atoms with Crippen LogP contribution in [0.1, 0.15) is 7.43 Å². The predicted molar refractivity (Wildman–Crippen MR) is 128 cm³/mol. The van der Waals surface area contributed by atoms with Crippen molar-refractivity contribution in [2.45, 2.75) is 7.43 Å². The van der Waals surface area contributed by atoms with Crippen molar-refractivity contribution >= 4 is 44.3 Å². The molecule has 2 N–H and O–H groups in total. The van der Waals surface area contributed by atoms with E-state index in [1.807, 2.05) is 0 Å². The summed E-state index contributed by atoms with van der Waals surface area (Å²) in [6.45, 7) is 0. The second kappa shape index (κ2) is 8.07. The highest BCUT2D eigenvalue weighted by Crippen LogP contribution is 2.25. The van der Waals surface area contributed by atoms with Crippen molar-refractivity contribution in [2.75, 3.05) is 10.6 Å². The number of benzene rings is 5. The molecule has 0 spiro atoms. The van der Waals surface area contributed by atoms with Gasteiger partial charge in [-0.15, -0.1) is 0 Å². The largest absolute Gasteiger partial charge is 0.356 e. The smallest absolute Gasteiger partial charge is 0.0390 e. The zero-order chi connectivity index (χ0) is 18.8. The van der Waals surface area contributed by atoms with Gasteiger partial charge in [-0.2, -0.15) is 0 Å². The van der Waals surface area contributed by atoms with Gasteiger partial charge in [-0.1, -0.05) is 68.1 Å². The number of rotatable bonds is 4. The van der Waals surface area contributed by atoms with E-state index in [0.717, 1.165) is 22.7 Å². The maximum atomic E-state index is 3.48. The third-order valence-corrected chi connectivity index (χ3v) is 4.96. The van der Waals surface area contributed by atoms with Crippen LogP contribution in [-0.2, 0) is 0 Å². The van der Waals surface area contributed by atoms with Gasteiger partial charge in [-0.05, 0) is 70.1 Å². The molecule has 5 rings (SSSR count). The monoisotopic (exact) mass is 376 g/mol. The fourth-order valence-corrected chi connectivity index (χ4v) is 3.50. The summed E-state index contributed by atoms with van der Waals surface area (Å²) in [6, 6.07) is 38.1. The van der Waals surface area contributed by atoms with Gasteiger partial charge in [0.2, 0.25) is 0 Å². The van der Waals surface area contributed by atoms with Gasteiger partial charge in [0.25, 0.3) is 0 Å². The van der Waals surface area contributed by atoms with Gasteiger partial charge in [-0.3, -0.25) is 0 Å². The minimum atomic E-state index is 0. The second-order valence-corrected chi connectivity index (χ2v) is 6.95. The molecule has 5 aromatic rings. The second-order valence-electron chi connectivity index (χ2n) is 6.95. The van der Waals surface area contributed by atoms with Gasteiger partial charge in [0.05, 0.1) is 0 Å². The summed E-state index contributed by atoms with van der Waals surface area (Å²) in [5.41, 5.74) is 4.32. The molecular weight excluding hydrogens is 352 g/mol. The summed E-state index contributed by atoms with van der Waals surface area (Å²) < 4.78 is 0. The molecule has 142 valence electrons. The van der Waals surface area contributed by atoms with E-state index in [1.165, 1.54) is 21.5 Å². The lowest BCUT2D eigenvalue weighted by atomic mass is 10.1. The topological polar surface area (TPSA) is 24.1 Å². The van der Waals surface area contributed by atoms with Crippen LogP contribution in [0.3, 0.4) is 0 Å². The normalized spacial score (nSPS) is 10.5. The summed E-state index contributed by atoms with van der Waals surface area (Å²) in [6.07, 6.45) is 0. The van der Waals surface area contributed by atoms with Crippen molar-refractivity contribution < 1.29 is 0 Å². The van der Waals surface area contributed by atoms with Crippen LogP contribution in [-0.4, -0.2) is 0 Å². The fraction of sp³-hybridized carbons (Fsp3) is 0.0370. The molecule has 0 bridgehead atoms. The minimum absolute atomic E-state index is 0. The van der Waals surface area contributed by atoms with Crippen LogP contribution in [0.4, 0.5) is 22.7 Å². The lowest BCUT2D eigenvalue weighted by molar-refractivity contribution is 1.53. The lowest BCUT2D eigenvalue weighted by Gasteiger charge is -2.11. The molecule has 0 saturated carbocycles. The van der Waals surface area contributed by atoms with Gasteiger partial charge in [-0.25, -0.2) is 0 Å². The van der Waals surface area contributed by atoms with Crippen molar-refractivity contribution in [3.63, 3.8) is 0 Å². The van der Waals surface area contributed by atoms with Crippen molar-refractivity contribution in [3.05, 3.63) is 109 Å². The Hall–Kier alpha value is -3.78. The minimum Gasteiger partial charge on any atom is -0.356 e. The Bertz CT molecular complexity index is 1160. The van der Waals surface area contributed by atoms with Crippen molar-refractivity contribution in [2.24, 2.45) is 0 Å². The van der Waals surface area contributed by atoms with Crippen LogP contribution in [0.25, 0.3) is 21.5 Å². The lowest BCUT2D eigenvalue weighted by Crippen LogP contribution is -1.93. The fourth-order valence-electron chi connectivity index (χ4n) is 3.50. The highest BCUT2D eigenvalue weighted by Gasteiger charge is 2.00.